The minimum absolute atomic E-state index is 0.142. The lowest BCUT2D eigenvalue weighted by atomic mass is 10.0. The first-order chi connectivity index (χ1) is 12.0. The van der Waals surface area contributed by atoms with Gasteiger partial charge in [-0.05, 0) is 51.0 Å². The molecule has 2 N–H and O–H groups in total. The van der Waals surface area contributed by atoms with E-state index in [4.69, 9.17) is 16.3 Å². The monoisotopic (exact) mass is 360 g/mol. The normalized spacial score (nSPS) is 11.7. The van der Waals surface area contributed by atoms with E-state index in [0.29, 0.717) is 18.2 Å². The van der Waals surface area contributed by atoms with E-state index in [2.05, 4.69) is 10.6 Å². The van der Waals surface area contributed by atoms with Crippen molar-refractivity contribution in [3.05, 3.63) is 64.2 Å². The van der Waals surface area contributed by atoms with Crippen LogP contribution >= 0.6 is 11.6 Å². The van der Waals surface area contributed by atoms with Crippen LogP contribution in [0, 0.1) is 6.92 Å². The zero-order valence-corrected chi connectivity index (χ0v) is 15.7. The third kappa shape index (κ3) is 5.98. The lowest BCUT2D eigenvalue weighted by Gasteiger charge is -2.19. The number of hydrogen-bond donors (Lipinski definition) is 2. The second kappa shape index (κ2) is 9.33. The summed E-state index contributed by atoms with van der Waals surface area (Å²) in [7, 11) is 0. The number of nitrogens with one attached hydrogen (secondary N) is 2. The van der Waals surface area contributed by atoms with Crippen LogP contribution in [0.1, 0.15) is 36.6 Å². The number of halogens is 1. The van der Waals surface area contributed by atoms with Crippen LogP contribution in [-0.4, -0.2) is 19.2 Å². The number of amides is 2. The van der Waals surface area contributed by atoms with Gasteiger partial charge in [-0.1, -0.05) is 41.4 Å². The number of carbonyl (C=O) groups excluding carboxylic acids is 1. The highest BCUT2D eigenvalue weighted by Gasteiger charge is 2.14. The summed E-state index contributed by atoms with van der Waals surface area (Å²) in [5.41, 5.74) is 3.25. The molecule has 0 radical (unpaired) electrons. The third-order valence-corrected chi connectivity index (χ3v) is 4.14. The molecule has 2 amide bonds. The standard InChI is InChI=1S/C20H25ClN2O2/c1-4-25-19-10-5-14(2)13-18(19)15(3)23-20(24)22-12-11-16-6-8-17(21)9-7-16/h5-10,13,15H,4,11-12H2,1-3H3,(H2,22,23,24). The van der Waals surface area contributed by atoms with Crippen LogP contribution in [-0.2, 0) is 6.42 Å². The number of aryl methyl sites for hydroxylation is 1. The van der Waals surface area contributed by atoms with Crippen LogP contribution in [0.4, 0.5) is 4.79 Å². The molecule has 5 heteroatoms. The first-order valence-electron chi connectivity index (χ1n) is 8.51. The van der Waals surface area contributed by atoms with Gasteiger partial charge in [0.25, 0.3) is 0 Å². The molecule has 25 heavy (non-hydrogen) atoms. The average molecular weight is 361 g/mol. The van der Waals surface area contributed by atoms with E-state index in [-0.39, 0.29) is 12.1 Å². The van der Waals surface area contributed by atoms with Crippen molar-refractivity contribution in [2.45, 2.75) is 33.2 Å². The fourth-order valence-corrected chi connectivity index (χ4v) is 2.72. The molecule has 0 saturated heterocycles. The van der Waals surface area contributed by atoms with Crippen LogP contribution in [0.25, 0.3) is 0 Å². The van der Waals surface area contributed by atoms with E-state index in [1.807, 2.05) is 63.2 Å². The molecule has 1 unspecified atom stereocenters. The smallest absolute Gasteiger partial charge is 0.315 e. The van der Waals surface area contributed by atoms with Crippen molar-refractivity contribution in [1.29, 1.82) is 0 Å². The summed E-state index contributed by atoms with van der Waals surface area (Å²) >= 11 is 5.87. The van der Waals surface area contributed by atoms with Gasteiger partial charge in [0.1, 0.15) is 5.75 Å². The quantitative estimate of drug-likeness (QED) is 0.755. The summed E-state index contributed by atoms with van der Waals surface area (Å²) in [6, 6.07) is 13.3. The average Bonchev–Trinajstić information content (AvgIpc) is 2.58. The zero-order valence-electron chi connectivity index (χ0n) is 14.9. The fourth-order valence-electron chi connectivity index (χ4n) is 2.59. The topological polar surface area (TPSA) is 50.4 Å². The summed E-state index contributed by atoms with van der Waals surface area (Å²) in [5, 5.41) is 6.57. The van der Waals surface area contributed by atoms with E-state index in [9.17, 15) is 4.79 Å². The van der Waals surface area contributed by atoms with E-state index < -0.39 is 0 Å². The summed E-state index contributed by atoms with van der Waals surface area (Å²) in [6.45, 7) is 7.09. The molecule has 2 rings (SSSR count). The Morgan fingerprint density at radius 3 is 2.60 bits per heavy atom. The summed E-state index contributed by atoms with van der Waals surface area (Å²) in [5.74, 6) is 0.807. The van der Waals surface area contributed by atoms with Gasteiger partial charge in [-0.2, -0.15) is 0 Å². The lowest BCUT2D eigenvalue weighted by molar-refractivity contribution is 0.237. The highest BCUT2D eigenvalue weighted by molar-refractivity contribution is 6.30. The van der Waals surface area contributed by atoms with E-state index in [1.54, 1.807) is 0 Å². The molecule has 0 saturated carbocycles. The number of benzene rings is 2. The van der Waals surface area contributed by atoms with Crippen molar-refractivity contribution in [1.82, 2.24) is 10.6 Å². The van der Waals surface area contributed by atoms with E-state index in [0.717, 1.165) is 28.9 Å². The Bertz CT molecular complexity index is 701. The number of carbonyl (C=O) groups is 1. The van der Waals surface area contributed by atoms with Crippen molar-refractivity contribution in [3.8, 4) is 5.75 Å². The Hall–Kier alpha value is -2.20. The summed E-state index contributed by atoms with van der Waals surface area (Å²) in [6.07, 6.45) is 0.758. The highest BCUT2D eigenvalue weighted by Crippen LogP contribution is 2.26. The van der Waals surface area contributed by atoms with Crippen LogP contribution in [0.5, 0.6) is 5.75 Å². The molecular weight excluding hydrogens is 336 g/mol. The Balaban J connectivity index is 1.87. The fraction of sp³-hybridized carbons (Fsp3) is 0.350. The van der Waals surface area contributed by atoms with E-state index in [1.165, 1.54) is 0 Å². The number of hydrogen-bond acceptors (Lipinski definition) is 2. The van der Waals surface area contributed by atoms with Gasteiger partial charge >= 0.3 is 6.03 Å². The summed E-state index contributed by atoms with van der Waals surface area (Å²) < 4.78 is 5.66. The molecule has 2 aromatic rings. The second-order valence-electron chi connectivity index (χ2n) is 5.97. The molecule has 0 aliphatic rings. The first-order valence-corrected chi connectivity index (χ1v) is 8.89. The Morgan fingerprint density at radius 1 is 1.20 bits per heavy atom. The Labute approximate surface area is 154 Å². The maximum Gasteiger partial charge on any atom is 0.315 e. The highest BCUT2D eigenvalue weighted by atomic mass is 35.5. The largest absolute Gasteiger partial charge is 0.494 e. The minimum atomic E-state index is -0.189. The molecule has 0 aliphatic carbocycles. The predicted octanol–water partition coefficient (Wildman–Crippen LogP) is 4.65. The maximum absolute atomic E-state index is 12.1. The molecule has 0 aromatic heterocycles. The van der Waals surface area contributed by atoms with Crippen LogP contribution < -0.4 is 15.4 Å². The molecule has 1 atom stereocenters. The van der Waals surface area contributed by atoms with Crippen LogP contribution in [0.15, 0.2) is 42.5 Å². The second-order valence-corrected chi connectivity index (χ2v) is 6.41. The predicted molar refractivity (Wildman–Crippen MR) is 102 cm³/mol. The molecule has 0 aliphatic heterocycles. The minimum Gasteiger partial charge on any atom is -0.494 e. The molecular formula is C20H25ClN2O2. The molecule has 0 spiro atoms. The molecule has 0 heterocycles. The molecule has 134 valence electrons. The van der Waals surface area contributed by atoms with Gasteiger partial charge < -0.3 is 15.4 Å². The molecule has 0 fully saturated rings. The summed E-state index contributed by atoms with van der Waals surface area (Å²) in [4.78, 5) is 12.1. The van der Waals surface area contributed by atoms with Crippen molar-refractivity contribution < 1.29 is 9.53 Å². The van der Waals surface area contributed by atoms with Crippen molar-refractivity contribution >= 4 is 17.6 Å². The van der Waals surface area contributed by atoms with Crippen LogP contribution in [0.2, 0.25) is 5.02 Å². The van der Waals surface area contributed by atoms with Gasteiger partial charge in [0, 0.05) is 17.1 Å². The van der Waals surface area contributed by atoms with Crippen molar-refractivity contribution in [2.24, 2.45) is 0 Å². The van der Waals surface area contributed by atoms with Crippen molar-refractivity contribution in [2.75, 3.05) is 13.2 Å². The van der Waals surface area contributed by atoms with Crippen molar-refractivity contribution in [3.63, 3.8) is 0 Å². The van der Waals surface area contributed by atoms with Gasteiger partial charge in [0.15, 0.2) is 0 Å². The first kappa shape index (κ1) is 19.1. The van der Waals surface area contributed by atoms with Crippen LogP contribution in [0.3, 0.4) is 0 Å². The third-order valence-electron chi connectivity index (χ3n) is 3.89. The molecule has 0 bridgehead atoms. The zero-order chi connectivity index (χ0) is 18.2. The molecule has 4 nitrogen and oxygen atoms in total. The number of rotatable bonds is 7. The lowest BCUT2D eigenvalue weighted by Crippen LogP contribution is -2.38. The van der Waals surface area contributed by atoms with Gasteiger partial charge in [0.05, 0.1) is 12.6 Å². The van der Waals surface area contributed by atoms with Gasteiger partial charge in [-0.3, -0.25) is 0 Å². The van der Waals surface area contributed by atoms with E-state index >= 15 is 0 Å². The van der Waals surface area contributed by atoms with Gasteiger partial charge in [-0.25, -0.2) is 4.79 Å². The van der Waals surface area contributed by atoms with Gasteiger partial charge in [0.2, 0.25) is 0 Å². The Morgan fingerprint density at radius 2 is 1.92 bits per heavy atom. The molecule has 2 aromatic carbocycles. The number of urea groups is 1. The Kier molecular flexibility index (Phi) is 7.14. The SMILES string of the molecule is CCOc1ccc(C)cc1C(C)NC(=O)NCCc1ccc(Cl)cc1. The number of ether oxygens (including phenoxy) is 1. The maximum atomic E-state index is 12.1. The van der Waals surface area contributed by atoms with Gasteiger partial charge in [-0.15, -0.1) is 0 Å².